The highest BCUT2D eigenvalue weighted by Crippen LogP contribution is 2.36. The van der Waals surface area contributed by atoms with E-state index in [9.17, 15) is 5.11 Å². The maximum atomic E-state index is 10.1. The van der Waals surface area contributed by atoms with Crippen LogP contribution in [-0.2, 0) is 18.4 Å². The summed E-state index contributed by atoms with van der Waals surface area (Å²) in [6, 6.07) is 6.48. The molecule has 1 atom stereocenters. The molecule has 0 aromatic heterocycles. The van der Waals surface area contributed by atoms with E-state index in [-0.39, 0.29) is 0 Å². The minimum absolute atomic E-state index is 0.583. The van der Waals surface area contributed by atoms with Crippen LogP contribution < -0.4 is 0 Å². The first-order valence-electron chi connectivity index (χ1n) is 4.98. The van der Waals surface area contributed by atoms with Gasteiger partial charge in [0, 0.05) is 0 Å². The summed E-state index contributed by atoms with van der Waals surface area (Å²) >= 11 is 0. The van der Waals surface area contributed by atoms with Crippen molar-refractivity contribution >= 4 is 0 Å². The quantitative estimate of drug-likeness (QED) is 0.696. The van der Waals surface area contributed by atoms with Crippen molar-refractivity contribution in [2.45, 2.75) is 38.7 Å². The van der Waals surface area contributed by atoms with Crippen molar-refractivity contribution in [3.63, 3.8) is 0 Å². The standard InChI is InChI=1S/C12H16O/c1-3-9-4-5-10-6-7-12(2,13)11(10)8-9/h4-5,8,13H,3,6-7H2,1-2H3. The Balaban J connectivity index is 2.50. The molecule has 1 heteroatoms. The van der Waals surface area contributed by atoms with Gasteiger partial charge in [-0.1, -0.05) is 25.1 Å². The molecule has 0 radical (unpaired) electrons. The van der Waals surface area contributed by atoms with Gasteiger partial charge in [0.05, 0.1) is 5.60 Å². The summed E-state index contributed by atoms with van der Waals surface area (Å²) in [6.07, 6.45) is 2.94. The van der Waals surface area contributed by atoms with Crippen molar-refractivity contribution in [3.05, 3.63) is 34.9 Å². The van der Waals surface area contributed by atoms with Gasteiger partial charge >= 0.3 is 0 Å². The van der Waals surface area contributed by atoms with E-state index in [0.29, 0.717) is 0 Å². The van der Waals surface area contributed by atoms with Crippen molar-refractivity contribution in [2.24, 2.45) is 0 Å². The second kappa shape index (κ2) is 2.85. The Kier molecular flexibility index (Phi) is 1.92. The average Bonchev–Trinajstić information content (AvgIpc) is 2.42. The number of hydrogen-bond donors (Lipinski definition) is 1. The zero-order valence-corrected chi connectivity index (χ0v) is 8.30. The Morgan fingerprint density at radius 2 is 2.23 bits per heavy atom. The van der Waals surface area contributed by atoms with E-state index in [0.717, 1.165) is 24.8 Å². The highest BCUT2D eigenvalue weighted by atomic mass is 16.3. The highest BCUT2D eigenvalue weighted by molar-refractivity contribution is 5.39. The third-order valence-corrected chi connectivity index (χ3v) is 3.04. The lowest BCUT2D eigenvalue weighted by Gasteiger charge is -2.18. The van der Waals surface area contributed by atoms with Crippen molar-refractivity contribution in [2.75, 3.05) is 0 Å². The summed E-state index contributed by atoms with van der Waals surface area (Å²) in [7, 11) is 0. The fraction of sp³-hybridized carbons (Fsp3) is 0.500. The van der Waals surface area contributed by atoms with Crippen molar-refractivity contribution in [1.29, 1.82) is 0 Å². The molecule has 70 valence electrons. The van der Waals surface area contributed by atoms with Crippen LogP contribution in [0.3, 0.4) is 0 Å². The van der Waals surface area contributed by atoms with Crippen LogP contribution in [0.25, 0.3) is 0 Å². The third kappa shape index (κ3) is 1.37. The van der Waals surface area contributed by atoms with Crippen LogP contribution in [0.1, 0.15) is 37.0 Å². The van der Waals surface area contributed by atoms with Gasteiger partial charge in [-0.05, 0) is 42.9 Å². The van der Waals surface area contributed by atoms with Gasteiger partial charge in [-0.15, -0.1) is 0 Å². The van der Waals surface area contributed by atoms with Gasteiger partial charge < -0.3 is 5.11 Å². The van der Waals surface area contributed by atoms with Crippen molar-refractivity contribution in [1.82, 2.24) is 0 Å². The maximum absolute atomic E-state index is 10.1. The first kappa shape index (κ1) is 8.76. The molecule has 1 N–H and O–H groups in total. The van der Waals surface area contributed by atoms with Crippen LogP contribution in [0.4, 0.5) is 0 Å². The Hall–Kier alpha value is -0.820. The van der Waals surface area contributed by atoms with Gasteiger partial charge in [-0.25, -0.2) is 0 Å². The molecule has 1 unspecified atom stereocenters. The summed E-state index contributed by atoms with van der Waals surface area (Å²) in [5.41, 5.74) is 3.20. The molecule has 0 amide bonds. The molecule has 2 rings (SSSR count). The number of aliphatic hydroxyl groups is 1. The molecule has 0 aliphatic heterocycles. The topological polar surface area (TPSA) is 20.2 Å². The molecule has 1 aliphatic carbocycles. The summed E-state index contributed by atoms with van der Waals surface area (Å²) in [6.45, 7) is 4.06. The molecule has 0 fully saturated rings. The van der Waals surface area contributed by atoms with E-state index in [1.54, 1.807) is 0 Å². The smallest absolute Gasteiger partial charge is 0.0874 e. The van der Waals surface area contributed by atoms with Crippen LogP contribution in [0.15, 0.2) is 18.2 Å². The lowest BCUT2D eigenvalue weighted by molar-refractivity contribution is 0.0594. The minimum Gasteiger partial charge on any atom is -0.385 e. The van der Waals surface area contributed by atoms with E-state index in [4.69, 9.17) is 0 Å². The maximum Gasteiger partial charge on any atom is 0.0874 e. The molecule has 1 aliphatic rings. The highest BCUT2D eigenvalue weighted by Gasteiger charge is 2.31. The molecule has 0 spiro atoms. The lowest BCUT2D eigenvalue weighted by atomic mass is 9.96. The average molecular weight is 176 g/mol. The Bertz CT molecular complexity index is 326. The molecule has 0 heterocycles. The minimum atomic E-state index is -0.583. The van der Waals surface area contributed by atoms with Crippen LogP contribution in [-0.4, -0.2) is 5.11 Å². The van der Waals surface area contributed by atoms with Crippen LogP contribution in [0, 0.1) is 0 Å². The van der Waals surface area contributed by atoms with Crippen LogP contribution in [0.5, 0.6) is 0 Å². The SMILES string of the molecule is CCc1ccc2c(c1)C(C)(O)CC2. The van der Waals surface area contributed by atoms with E-state index in [1.807, 2.05) is 6.92 Å². The summed E-state index contributed by atoms with van der Waals surface area (Å²) in [4.78, 5) is 0. The van der Waals surface area contributed by atoms with Gasteiger partial charge in [0.15, 0.2) is 0 Å². The number of benzene rings is 1. The molecule has 1 aromatic carbocycles. The van der Waals surface area contributed by atoms with E-state index in [1.165, 1.54) is 11.1 Å². The number of aryl methyl sites for hydroxylation is 2. The molecule has 1 aromatic rings. The van der Waals surface area contributed by atoms with Gasteiger partial charge in [-0.2, -0.15) is 0 Å². The first-order chi connectivity index (χ1) is 6.13. The second-order valence-corrected chi connectivity index (χ2v) is 4.12. The molecule has 0 bridgehead atoms. The second-order valence-electron chi connectivity index (χ2n) is 4.12. The molecule has 0 saturated heterocycles. The zero-order chi connectivity index (χ0) is 9.47. The Morgan fingerprint density at radius 1 is 1.46 bits per heavy atom. The molecule has 13 heavy (non-hydrogen) atoms. The third-order valence-electron chi connectivity index (χ3n) is 3.04. The fourth-order valence-corrected chi connectivity index (χ4v) is 2.08. The summed E-state index contributed by atoms with van der Waals surface area (Å²) in [5, 5.41) is 10.1. The zero-order valence-electron chi connectivity index (χ0n) is 8.30. The number of fused-ring (bicyclic) bond motifs is 1. The van der Waals surface area contributed by atoms with Gasteiger partial charge in [0.2, 0.25) is 0 Å². The van der Waals surface area contributed by atoms with Crippen molar-refractivity contribution in [3.8, 4) is 0 Å². The predicted molar refractivity (Wildman–Crippen MR) is 53.7 cm³/mol. The Labute approximate surface area is 79.4 Å². The largest absolute Gasteiger partial charge is 0.385 e. The number of rotatable bonds is 1. The van der Waals surface area contributed by atoms with Gasteiger partial charge in [0.1, 0.15) is 0 Å². The first-order valence-corrected chi connectivity index (χ1v) is 4.98. The van der Waals surface area contributed by atoms with Crippen molar-refractivity contribution < 1.29 is 5.11 Å². The molecule has 1 nitrogen and oxygen atoms in total. The molecular weight excluding hydrogens is 160 g/mol. The van der Waals surface area contributed by atoms with E-state index < -0.39 is 5.60 Å². The predicted octanol–water partition coefficient (Wildman–Crippen LogP) is 2.40. The lowest BCUT2D eigenvalue weighted by Crippen LogP contribution is -2.16. The van der Waals surface area contributed by atoms with Gasteiger partial charge in [-0.3, -0.25) is 0 Å². The van der Waals surface area contributed by atoms with Gasteiger partial charge in [0.25, 0.3) is 0 Å². The molecule has 0 saturated carbocycles. The summed E-state index contributed by atoms with van der Waals surface area (Å²) in [5.74, 6) is 0. The van der Waals surface area contributed by atoms with E-state index in [2.05, 4.69) is 25.1 Å². The van der Waals surface area contributed by atoms with Crippen LogP contribution >= 0.6 is 0 Å². The summed E-state index contributed by atoms with van der Waals surface area (Å²) < 4.78 is 0. The number of hydrogen-bond acceptors (Lipinski definition) is 1. The monoisotopic (exact) mass is 176 g/mol. The normalized spacial score (nSPS) is 26.1. The Morgan fingerprint density at radius 3 is 2.92 bits per heavy atom. The van der Waals surface area contributed by atoms with Crippen LogP contribution in [0.2, 0.25) is 0 Å². The van der Waals surface area contributed by atoms with E-state index >= 15 is 0 Å². The molecular formula is C12H16O. The fourth-order valence-electron chi connectivity index (χ4n) is 2.08.